The number of hydrogen-bond acceptors (Lipinski definition) is 9. The fourth-order valence-corrected chi connectivity index (χ4v) is 4.31. The molecule has 1 heterocycles. The predicted molar refractivity (Wildman–Crippen MR) is 153 cm³/mol. The number of benzene rings is 4. The maximum Gasteiger partial charge on any atom is 0.341 e. The van der Waals surface area contributed by atoms with Gasteiger partial charge in [0.25, 0.3) is 6.29 Å². The molecule has 0 amide bonds. The first kappa shape index (κ1) is 28.8. The van der Waals surface area contributed by atoms with Crippen molar-refractivity contribution < 1.29 is 42.9 Å². The summed E-state index contributed by atoms with van der Waals surface area (Å²) in [5.41, 5.74) is 0.754. The van der Waals surface area contributed by atoms with E-state index in [0.717, 1.165) is 0 Å². The summed E-state index contributed by atoms with van der Waals surface area (Å²) in [6.07, 6.45) is -6.16. The first-order valence-corrected chi connectivity index (χ1v) is 13.3. The molecular weight excluding hydrogens is 552 g/mol. The Hall–Kier alpha value is -5.70. The van der Waals surface area contributed by atoms with Gasteiger partial charge in [-0.1, -0.05) is 79.4 Å². The summed E-state index contributed by atoms with van der Waals surface area (Å²) in [5.74, 6) is -3.39. The first-order chi connectivity index (χ1) is 20.9. The molecule has 4 unspecified atom stereocenters. The smallest absolute Gasteiger partial charge is 0.341 e. The van der Waals surface area contributed by atoms with Crippen LogP contribution in [-0.4, -0.2) is 48.5 Å². The lowest BCUT2D eigenvalue weighted by Crippen LogP contribution is -2.57. The van der Waals surface area contributed by atoms with E-state index in [1.165, 1.54) is 48.5 Å². The summed E-state index contributed by atoms with van der Waals surface area (Å²) >= 11 is 0. The van der Waals surface area contributed by atoms with Gasteiger partial charge in [-0.05, 0) is 48.5 Å². The van der Waals surface area contributed by atoms with E-state index in [2.05, 4.69) is 6.58 Å². The van der Waals surface area contributed by atoms with E-state index >= 15 is 0 Å². The lowest BCUT2D eigenvalue weighted by atomic mass is 10.0. The van der Waals surface area contributed by atoms with Crippen LogP contribution in [-0.2, 0) is 23.7 Å². The van der Waals surface area contributed by atoms with Crippen molar-refractivity contribution in [1.82, 2.24) is 0 Å². The highest BCUT2D eigenvalue weighted by atomic mass is 16.7. The molecule has 1 aliphatic heterocycles. The lowest BCUT2D eigenvalue weighted by Gasteiger charge is -2.41. The van der Waals surface area contributed by atoms with Gasteiger partial charge in [0.2, 0.25) is 6.10 Å². The van der Waals surface area contributed by atoms with Crippen molar-refractivity contribution in [3.8, 4) is 0 Å². The van der Waals surface area contributed by atoms with Crippen LogP contribution in [0.15, 0.2) is 134 Å². The van der Waals surface area contributed by atoms with E-state index in [1.54, 1.807) is 72.8 Å². The van der Waals surface area contributed by atoms with E-state index in [-0.39, 0.29) is 28.0 Å². The van der Waals surface area contributed by atoms with Crippen molar-refractivity contribution in [2.24, 2.45) is 0 Å². The Balaban J connectivity index is 1.52. The zero-order valence-corrected chi connectivity index (χ0v) is 22.7. The molecule has 1 aliphatic rings. The Morgan fingerprint density at radius 1 is 0.465 bits per heavy atom. The van der Waals surface area contributed by atoms with E-state index in [9.17, 15) is 19.2 Å². The lowest BCUT2D eigenvalue weighted by molar-refractivity contribution is -0.224. The van der Waals surface area contributed by atoms with Crippen LogP contribution in [0.3, 0.4) is 0 Å². The van der Waals surface area contributed by atoms with Gasteiger partial charge < -0.3 is 23.7 Å². The van der Waals surface area contributed by atoms with Crippen LogP contribution in [0.25, 0.3) is 0 Å². The summed E-state index contributed by atoms with van der Waals surface area (Å²) in [4.78, 5) is 52.7. The Labute approximate surface area is 247 Å². The van der Waals surface area contributed by atoms with Crippen molar-refractivity contribution >= 4 is 23.9 Å². The molecule has 9 heteroatoms. The van der Waals surface area contributed by atoms with Gasteiger partial charge in [0.15, 0.2) is 12.2 Å². The summed E-state index contributed by atoms with van der Waals surface area (Å²) in [7, 11) is 0. The van der Waals surface area contributed by atoms with Crippen LogP contribution in [0.2, 0.25) is 0 Å². The minimum atomic E-state index is -1.62. The molecule has 1 fully saturated rings. The molecule has 4 aromatic carbocycles. The predicted octanol–water partition coefficient (Wildman–Crippen LogP) is 5.39. The van der Waals surface area contributed by atoms with Crippen molar-refractivity contribution in [2.75, 3.05) is 0 Å². The van der Waals surface area contributed by atoms with Crippen molar-refractivity contribution in [1.29, 1.82) is 0 Å². The van der Waals surface area contributed by atoms with Crippen LogP contribution in [0.4, 0.5) is 0 Å². The van der Waals surface area contributed by atoms with Crippen molar-refractivity contribution in [3.05, 3.63) is 156 Å². The van der Waals surface area contributed by atoms with Gasteiger partial charge in [0, 0.05) is 0 Å². The third kappa shape index (κ3) is 6.97. The van der Waals surface area contributed by atoms with Crippen LogP contribution in [0.1, 0.15) is 41.4 Å². The summed E-state index contributed by atoms with van der Waals surface area (Å²) in [5, 5.41) is 0. The normalized spacial score (nSPS) is 19.3. The number of esters is 4. The number of carbonyl (C=O) groups is 4. The third-order valence-electron chi connectivity index (χ3n) is 6.46. The van der Waals surface area contributed by atoms with Crippen LogP contribution in [0, 0.1) is 0 Å². The van der Waals surface area contributed by atoms with E-state index in [0.29, 0.717) is 0 Å². The minimum absolute atomic E-state index is 0.172. The van der Waals surface area contributed by atoms with E-state index < -0.39 is 48.5 Å². The number of rotatable bonds is 8. The molecule has 9 nitrogen and oxygen atoms in total. The quantitative estimate of drug-likeness (QED) is 0.201. The highest BCUT2D eigenvalue weighted by molar-refractivity contribution is 5.92. The average Bonchev–Trinajstić information content (AvgIpc) is 3.05. The van der Waals surface area contributed by atoms with Gasteiger partial charge in [0.1, 0.15) is 5.76 Å². The molecule has 1 saturated heterocycles. The monoisotopic (exact) mass is 578 g/mol. The van der Waals surface area contributed by atoms with Gasteiger partial charge in [-0.25, -0.2) is 19.2 Å². The topological polar surface area (TPSA) is 114 Å². The SMILES string of the molecule is C=C1OC(OC(=O)c2ccccc2)C(OC(=O)c2ccccc2)C(OC(=O)c2ccccc2)C1OC(=O)c1ccccc1. The molecule has 0 aromatic heterocycles. The molecule has 4 aromatic rings. The average molecular weight is 579 g/mol. The molecular formula is C34H26O9. The van der Waals surface area contributed by atoms with Gasteiger partial charge in [-0.2, -0.15) is 0 Å². The number of hydrogen-bond donors (Lipinski definition) is 0. The number of carbonyl (C=O) groups excluding carboxylic acids is 4. The Morgan fingerprint density at radius 2 is 0.791 bits per heavy atom. The minimum Gasteiger partial charge on any atom is -0.452 e. The van der Waals surface area contributed by atoms with E-state index in [4.69, 9.17) is 23.7 Å². The molecule has 0 aliphatic carbocycles. The summed E-state index contributed by atoms with van der Waals surface area (Å²) < 4.78 is 28.8. The largest absolute Gasteiger partial charge is 0.452 e. The third-order valence-corrected chi connectivity index (χ3v) is 6.46. The molecule has 0 bridgehead atoms. The molecule has 0 spiro atoms. The maximum absolute atomic E-state index is 13.3. The molecule has 43 heavy (non-hydrogen) atoms. The van der Waals surface area contributed by atoms with Crippen LogP contribution in [0.5, 0.6) is 0 Å². The molecule has 0 N–H and O–H groups in total. The zero-order chi connectivity index (χ0) is 30.2. The van der Waals surface area contributed by atoms with Gasteiger partial charge in [0.05, 0.1) is 22.3 Å². The van der Waals surface area contributed by atoms with Crippen molar-refractivity contribution in [2.45, 2.75) is 24.6 Å². The first-order valence-electron chi connectivity index (χ1n) is 13.3. The zero-order valence-electron chi connectivity index (χ0n) is 22.7. The maximum atomic E-state index is 13.3. The standard InChI is InChI=1S/C34H26O9/c1-22-27(40-30(35)23-14-6-2-7-15-23)28(41-31(36)24-16-8-3-9-17-24)29(42-32(37)25-18-10-4-11-19-25)34(39-22)43-33(38)26-20-12-5-13-21-26/h2-21,27-29,34H,1H2. The van der Waals surface area contributed by atoms with Crippen LogP contribution >= 0.6 is 0 Å². The van der Waals surface area contributed by atoms with Gasteiger partial charge in [-0.3, -0.25) is 0 Å². The highest BCUT2D eigenvalue weighted by Gasteiger charge is 2.52. The Morgan fingerprint density at radius 3 is 1.19 bits per heavy atom. The summed E-state index contributed by atoms with van der Waals surface area (Å²) in [6, 6.07) is 32.3. The Bertz CT molecular complexity index is 1590. The second-order valence-electron chi connectivity index (χ2n) is 9.39. The molecule has 216 valence electrons. The second kappa shape index (κ2) is 13.3. The Kier molecular flexibility index (Phi) is 8.92. The van der Waals surface area contributed by atoms with E-state index in [1.807, 2.05) is 0 Å². The van der Waals surface area contributed by atoms with Gasteiger partial charge in [-0.15, -0.1) is 0 Å². The highest BCUT2D eigenvalue weighted by Crippen LogP contribution is 2.33. The number of ether oxygens (including phenoxy) is 5. The molecule has 4 atom stereocenters. The second-order valence-corrected chi connectivity index (χ2v) is 9.39. The fourth-order valence-electron chi connectivity index (χ4n) is 4.31. The molecule has 0 radical (unpaired) electrons. The van der Waals surface area contributed by atoms with Crippen molar-refractivity contribution in [3.63, 3.8) is 0 Å². The summed E-state index contributed by atoms with van der Waals surface area (Å²) in [6.45, 7) is 3.85. The molecule has 0 saturated carbocycles. The van der Waals surface area contributed by atoms with Gasteiger partial charge >= 0.3 is 23.9 Å². The van der Waals surface area contributed by atoms with Crippen LogP contribution < -0.4 is 0 Å². The molecule has 5 rings (SSSR count). The fraction of sp³-hybridized carbons (Fsp3) is 0.118.